The number of rotatable bonds is 13. The van der Waals surface area contributed by atoms with Crippen LogP contribution in [0.25, 0.3) is 0 Å². The number of nitrogens with zero attached hydrogens (tertiary/aromatic N) is 3. The summed E-state index contributed by atoms with van der Waals surface area (Å²) in [6.07, 6.45) is 2.29. The van der Waals surface area contributed by atoms with Crippen LogP contribution in [0, 0.1) is 6.92 Å². The lowest BCUT2D eigenvalue weighted by Crippen LogP contribution is -2.48. The Hall–Kier alpha value is -3.45. The molecule has 2 fully saturated rings. The number of benzene rings is 1. The molecule has 3 aliphatic rings. The Bertz CT molecular complexity index is 1550. The molecule has 2 N–H and O–H groups in total. The van der Waals surface area contributed by atoms with Crippen molar-refractivity contribution in [2.24, 2.45) is 0 Å². The van der Waals surface area contributed by atoms with Crippen LogP contribution in [-0.2, 0) is 38.8 Å². The first-order valence-electron chi connectivity index (χ1n) is 15.7. The maximum absolute atomic E-state index is 13.9. The fourth-order valence-electron chi connectivity index (χ4n) is 5.70. The lowest BCUT2D eigenvalue weighted by Gasteiger charge is -2.32. The van der Waals surface area contributed by atoms with E-state index in [0.29, 0.717) is 56.5 Å². The quantitative estimate of drug-likeness (QED) is 0.316. The van der Waals surface area contributed by atoms with Crippen molar-refractivity contribution in [3.8, 4) is 0 Å². The number of fused-ring (bicyclic) bond motifs is 1. The number of aromatic nitrogens is 2. The minimum Gasteiger partial charge on any atom is -0.444 e. The molecule has 2 aromatic rings. The Kier molecular flexibility index (Phi) is 9.07. The van der Waals surface area contributed by atoms with E-state index in [1.54, 1.807) is 32.6 Å². The third kappa shape index (κ3) is 7.19. The number of ether oxygens (including phenoxy) is 2. The highest BCUT2D eigenvalue weighted by Gasteiger charge is 2.65. The molecule has 1 aliphatic heterocycles. The van der Waals surface area contributed by atoms with E-state index in [0.717, 1.165) is 11.1 Å². The molecule has 3 amide bonds. The van der Waals surface area contributed by atoms with Gasteiger partial charge in [-0.15, -0.1) is 0 Å². The summed E-state index contributed by atoms with van der Waals surface area (Å²) in [5, 5.41) is 10.1. The summed E-state index contributed by atoms with van der Waals surface area (Å²) in [4.78, 5) is 40.8. The van der Waals surface area contributed by atoms with Crippen LogP contribution in [0.4, 0.5) is 4.79 Å². The molecular weight excluding hydrogens is 598 g/mol. The van der Waals surface area contributed by atoms with Crippen LogP contribution in [-0.4, -0.2) is 88.9 Å². The van der Waals surface area contributed by atoms with Gasteiger partial charge in [0.2, 0.25) is 0 Å². The molecule has 0 bridgehead atoms. The summed E-state index contributed by atoms with van der Waals surface area (Å²) >= 11 is 0. The van der Waals surface area contributed by atoms with Gasteiger partial charge in [0, 0.05) is 31.7 Å². The molecule has 2 saturated carbocycles. The van der Waals surface area contributed by atoms with Gasteiger partial charge < -0.3 is 25.0 Å². The summed E-state index contributed by atoms with van der Waals surface area (Å²) in [6, 6.07) is 7.85. The SMILES string of the molecule is Cc1ccc(CNC(=O)c2nn(CCOCCNC(=O)OC(C)(C)C)c3c2CCN(CC2(S(=O)(=O)C4(C)CC4)CC2)C3=O)cc1. The Morgan fingerprint density at radius 2 is 1.73 bits per heavy atom. The second-order valence-corrected chi connectivity index (χ2v) is 16.6. The summed E-state index contributed by atoms with van der Waals surface area (Å²) in [6.45, 7) is 10.7. The van der Waals surface area contributed by atoms with Crippen molar-refractivity contribution in [2.75, 3.05) is 32.8 Å². The number of carbonyl (C=O) groups excluding carboxylic acids is 3. The second-order valence-electron chi connectivity index (χ2n) is 13.7. The largest absolute Gasteiger partial charge is 0.444 e. The Labute approximate surface area is 265 Å². The van der Waals surface area contributed by atoms with E-state index in [1.165, 1.54) is 4.68 Å². The van der Waals surface area contributed by atoms with E-state index in [2.05, 4.69) is 15.7 Å². The number of alkyl carbamates (subject to hydrolysis) is 1. The van der Waals surface area contributed by atoms with Gasteiger partial charge in [-0.1, -0.05) is 29.8 Å². The Balaban J connectivity index is 1.28. The number of carbonyl (C=O) groups is 3. The molecule has 0 saturated heterocycles. The molecule has 1 aromatic carbocycles. The highest BCUT2D eigenvalue weighted by atomic mass is 32.2. The van der Waals surface area contributed by atoms with Crippen molar-refractivity contribution >= 4 is 27.7 Å². The van der Waals surface area contributed by atoms with Crippen LogP contribution in [0.15, 0.2) is 24.3 Å². The van der Waals surface area contributed by atoms with E-state index in [1.807, 2.05) is 31.2 Å². The molecule has 246 valence electrons. The standard InChI is InChI=1S/C32H45N5O7S/c1-22-6-8-23(9-7-22)20-34-27(38)25-24-10-16-36(21-32(13-14-32)45(41,42)31(5)11-12-31)28(39)26(24)37(35-25)17-19-43-18-15-33-29(40)44-30(2,3)4/h6-9H,10-21H2,1-5H3,(H,33,40)(H,34,38). The van der Waals surface area contributed by atoms with Crippen molar-refractivity contribution < 1.29 is 32.3 Å². The Morgan fingerprint density at radius 1 is 1.04 bits per heavy atom. The average Bonchev–Trinajstić information content (AvgIpc) is 3.89. The highest BCUT2D eigenvalue weighted by Crippen LogP contribution is 2.56. The zero-order valence-electron chi connectivity index (χ0n) is 26.9. The van der Waals surface area contributed by atoms with E-state index in [9.17, 15) is 22.8 Å². The molecule has 2 heterocycles. The number of amides is 3. The van der Waals surface area contributed by atoms with Crippen molar-refractivity contribution in [1.82, 2.24) is 25.3 Å². The van der Waals surface area contributed by atoms with Gasteiger partial charge in [0.05, 0.1) is 29.3 Å². The van der Waals surface area contributed by atoms with Crippen LogP contribution in [0.1, 0.15) is 91.0 Å². The second kappa shape index (κ2) is 12.4. The number of aryl methyl sites for hydroxylation is 1. The van der Waals surface area contributed by atoms with Crippen LogP contribution >= 0.6 is 0 Å². The Morgan fingerprint density at radius 3 is 2.36 bits per heavy atom. The van der Waals surface area contributed by atoms with Crippen molar-refractivity contribution in [2.45, 2.75) is 94.9 Å². The summed E-state index contributed by atoms with van der Waals surface area (Å²) in [7, 11) is -3.39. The van der Waals surface area contributed by atoms with Crippen LogP contribution < -0.4 is 10.6 Å². The maximum atomic E-state index is 13.9. The monoisotopic (exact) mass is 643 g/mol. The minimum absolute atomic E-state index is 0.149. The van der Waals surface area contributed by atoms with Gasteiger partial charge in [-0.2, -0.15) is 5.10 Å². The van der Waals surface area contributed by atoms with Crippen LogP contribution in [0.5, 0.6) is 0 Å². The normalized spacial score (nSPS) is 18.2. The molecule has 13 heteroatoms. The van der Waals surface area contributed by atoms with E-state index in [-0.39, 0.29) is 50.4 Å². The van der Waals surface area contributed by atoms with Gasteiger partial charge >= 0.3 is 6.09 Å². The molecule has 0 spiro atoms. The highest BCUT2D eigenvalue weighted by molar-refractivity contribution is 7.94. The van der Waals surface area contributed by atoms with Gasteiger partial charge in [0.25, 0.3) is 11.8 Å². The molecular formula is C32H45N5O7S. The molecule has 2 aliphatic carbocycles. The summed E-state index contributed by atoms with van der Waals surface area (Å²) in [5.41, 5.74) is 2.51. The van der Waals surface area contributed by atoms with Gasteiger partial charge in [0.15, 0.2) is 15.5 Å². The first kappa shape index (κ1) is 32.9. The van der Waals surface area contributed by atoms with Crippen molar-refractivity contribution in [1.29, 1.82) is 0 Å². The van der Waals surface area contributed by atoms with E-state index in [4.69, 9.17) is 9.47 Å². The molecule has 12 nitrogen and oxygen atoms in total. The fourth-order valence-corrected chi connectivity index (χ4v) is 8.35. The number of hydrogen-bond acceptors (Lipinski definition) is 8. The minimum atomic E-state index is -3.39. The maximum Gasteiger partial charge on any atom is 0.407 e. The number of sulfone groups is 1. The molecule has 0 atom stereocenters. The fraction of sp³-hybridized carbons (Fsp3) is 0.625. The van der Waals surface area contributed by atoms with Crippen LogP contribution in [0.3, 0.4) is 0 Å². The summed E-state index contributed by atoms with van der Waals surface area (Å²) < 4.78 is 37.8. The first-order valence-corrected chi connectivity index (χ1v) is 17.1. The zero-order chi connectivity index (χ0) is 32.6. The van der Waals surface area contributed by atoms with Crippen molar-refractivity contribution in [3.63, 3.8) is 0 Å². The van der Waals surface area contributed by atoms with Crippen LogP contribution in [0.2, 0.25) is 0 Å². The molecule has 45 heavy (non-hydrogen) atoms. The zero-order valence-corrected chi connectivity index (χ0v) is 27.7. The predicted octanol–water partition coefficient (Wildman–Crippen LogP) is 3.16. The average molecular weight is 644 g/mol. The first-order chi connectivity index (χ1) is 21.1. The molecule has 0 unspecified atom stereocenters. The van der Waals surface area contributed by atoms with Gasteiger partial charge in [-0.3, -0.25) is 14.3 Å². The van der Waals surface area contributed by atoms with Gasteiger partial charge in [-0.25, -0.2) is 13.2 Å². The predicted molar refractivity (Wildman–Crippen MR) is 168 cm³/mol. The van der Waals surface area contributed by atoms with E-state index < -0.39 is 31.0 Å². The van der Waals surface area contributed by atoms with E-state index >= 15 is 0 Å². The number of hydrogen-bond donors (Lipinski definition) is 2. The third-order valence-corrected chi connectivity index (χ3v) is 12.2. The molecule has 1 aromatic heterocycles. The van der Waals surface area contributed by atoms with Crippen molar-refractivity contribution in [3.05, 3.63) is 52.3 Å². The van der Waals surface area contributed by atoms with Gasteiger partial charge in [-0.05, 0) is 72.3 Å². The topological polar surface area (TPSA) is 149 Å². The lowest BCUT2D eigenvalue weighted by atomic mass is 10.0. The summed E-state index contributed by atoms with van der Waals surface area (Å²) in [5.74, 6) is -0.701. The smallest absolute Gasteiger partial charge is 0.407 e. The molecule has 0 radical (unpaired) electrons. The third-order valence-electron chi connectivity index (χ3n) is 8.78. The van der Waals surface area contributed by atoms with Gasteiger partial charge in [0.1, 0.15) is 11.3 Å². The number of nitrogens with one attached hydrogen (secondary N) is 2. The lowest BCUT2D eigenvalue weighted by molar-refractivity contribution is 0.0494. The molecule has 5 rings (SSSR count).